The van der Waals surface area contributed by atoms with E-state index in [1.165, 1.54) is 0 Å². The van der Waals surface area contributed by atoms with E-state index in [9.17, 15) is 9.59 Å². The van der Waals surface area contributed by atoms with Crippen molar-refractivity contribution in [3.63, 3.8) is 0 Å². The molecule has 3 rings (SSSR count). The number of piperazine rings is 1. The third-order valence-electron chi connectivity index (χ3n) is 6.44. The lowest BCUT2D eigenvalue weighted by molar-refractivity contribution is -0.139. The number of carbonyl (C=O) groups excluding carboxylic acids is 2. The second-order valence-electron chi connectivity index (χ2n) is 7.81. The molecule has 0 aromatic heterocycles. The maximum Gasteiger partial charge on any atom is 0.225 e. The Morgan fingerprint density at radius 3 is 1.92 bits per heavy atom. The molecule has 0 radical (unpaired) electrons. The number of amides is 2. The molecule has 3 fully saturated rings. The topological polar surface area (TPSA) is 47.1 Å². The second kappa shape index (κ2) is 8.49. The zero-order valence-electron chi connectivity index (χ0n) is 16.0. The SMILES string of the molecule is CCN1CCN(C(=O)C2CCN(C3CCN(C(C)=O)CC3)CC2)CC1. The van der Waals surface area contributed by atoms with E-state index in [-0.39, 0.29) is 11.8 Å². The number of nitrogens with zero attached hydrogens (tertiary/aromatic N) is 4. The van der Waals surface area contributed by atoms with Crippen molar-refractivity contribution in [2.75, 3.05) is 58.9 Å². The number of rotatable bonds is 3. The minimum absolute atomic E-state index is 0.200. The Bertz CT molecular complexity index is 460. The molecule has 0 saturated carbocycles. The molecule has 0 aromatic rings. The van der Waals surface area contributed by atoms with Crippen molar-refractivity contribution in [1.82, 2.24) is 19.6 Å². The van der Waals surface area contributed by atoms with Gasteiger partial charge in [0.05, 0.1) is 0 Å². The summed E-state index contributed by atoms with van der Waals surface area (Å²) in [5.74, 6) is 0.814. The average molecular weight is 351 g/mol. The lowest BCUT2D eigenvalue weighted by Crippen LogP contribution is -2.53. The number of hydrogen-bond donors (Lipinski definition) is 0. The van der Waals surface area contributed by atoms with Crippen LogP contribution in [0.2, 0.25) is 0 Å². The Hall–Kier alpha value is -1.14. The van der Waals surface area contributed by atoms with Crippen LogP contribution in [0.5, 0.6) is 0 Å². The monoisotopic (exact) mass is 350 g/mol. The summed E-state index contributed by atoms with van der Waals surface area (Å²) in [4.78, 5) is 33.3. The zero-order chi connectivity index (χ0) is 17.8. The number of carbonyl (C=O) groups is 2. The standard InChI is InChI=1S/C19H34N4O2/c1-3-20-12-14-23(15-13-20)19(25)17-4-8-22(9-5-17)18-6-10-21(11-7-18)16(2)24/h17-18H,3-15H2,1-2H3. The first-order chi connectivity index (χ1) is 12.1. The van der Waals surface area contributed by atoms with Gasteiger partial charge in [-0.05, 0) is 45.3 Å². The first-order valence-corrected chi connectivity index (χ1v) is 10.1. The summed E-state index contributed by atoms with van der Waals surface area (Å²) >= 11 is 0. The highest BCUT2D eigenvalue weighted by Crippen LogP contribution is 2.25. The van der Waals surface area contributed by atoms with E-state index < -0.39 is 0 Å². The first kappa shape index (κ1) is 18.6. The van der Waals surface area contributed by atoms with Crippen LogP contribution in [0.4, 0.5) is 0 Å². The maximum atomic E-state index is 12.8. The smallest absolute Gasteiger partial charge is 0.225 e. The van der Waals surface area contributed by atoms with Crippen molar-refractivity contribution >= 4 is 11.8 Å². The maximum absolute atomic E-state index is 12.8. The van der Waals surface area contributed by atoms with Gasteiger partial charge in [-0.2, -0.15) is 0 Å². The Labute approximate surface area is 152 Å². The first-order valence-electron chi connectivity index (χ1n) is 10.1. The fourth-order valence-corrected chi connectivity index (χ4v) is 4.60. The lowest BCUT2D eigenvalue weighted by Gasteiger charge is -2.42. The molecule has 0 atom stereocenters. The average Bonchev–Trinajstić information content (AvgIpc) is 2.67. The molecule has 0 unspecified atom stereocenters. The van der Waals surface area contributed by atoms with E-state index >= 15 is 0 Å². The van der Waals surface area contributed by atoms with E-state index in [1.807, 2.05) is 4.90 Å². The Balaban J connectivity index is 1.41. The Morgan fingerprint density at radius 1 is 0.800 bits per heavy atom. The highest BCUT2D eigenvalue weighted by molar-refractivity contribution is 5.79. The van der Waals surface area contributed by atoms with Crippen molar-refractivity contribution in [1.29, 1.82) is 0 Å². The van der Waals surface area contributed by atoms with Gasteiger partial charge < -0.3 is 19.6 Å². The van der Waals surface area contributed by atoms with Crippen molar-refractivity contribution in [3.8, 4) is 0 Å². The van der Waals surface area contributed by atoms with Gasteiger partial charge >= 0.3 is 0 Å². The summed E-state index contributed by atoms with van der Waals surface area (Å²) in [5.41, 5.74) is 0. The third-order valence-corrected chi connectivity index (χ3v) is 6.44. The van der Waals surface area contributed by atoms with Crippen molar-refractivity contribution in [3.05, 3.63) is 0 Å². The van der Waals surface area contributed by atoms with Crippen LogP contribution in [-0.4, -0.2) is 96.4 Å². The summed E-state index contributed by atoms with van der Waals surface area (Å²) in [6.45, 7) is 12.6. The lowest BCUT2D eigenvalue weighted by atomic mass is 9.92. The van der Waals surface area contributed by atoms with Crippen LogP contribution in [0.25, 0.3) is 0 Å². The molecule has 0 spiro atoms. The van der Waals surface area contributed by atoms with Crippen LogP contribution in [0.3, 0.4) is 0 Å². The fraction of sp³-hybridized carbons (Fsp3) is 0.895. The summed E-state index contributed by atoms with van der Waals surface area (Å²) in [7, 11) is 0. The van der Waals surface area contributed by atoms with E-state index in [2.05, 4.69) is 21.6 Å². The summed E-state index contributed by atoms with van der Waals surface area (Å²) in [6, 6.07) is 0.597. The molecule has 0 N–H and O–H groups in total. The molecule has 3 heterocycles. The molecule has 0 aliphatic carbocycles. The van der Waals surface area contributed by atoms with Crippen LogP contribution < -0.4 is 0 Å². The molecule has 3 aliphatic rings. The molecule has 6 heteroatoms. The summed E-state index contributed by atoms with van der Waals surface area (Å²) in [6.07, 6.45) is 4.16. The number of likely N-dealkylation sites (N-methyl/N-ethyl adjacent to an activating group) is 1. The predicted molar refractivity (Wildman–Crippen MR) is 98.3 cm³/mol. The Kier molecular flexibility index (Phi) is 6.34. The molecule has 3 aliphatic heterocycles. The fourth-order valence-electron chi connectivity index (χ4n) is 4.60. The third kappa shape index (κ3) is 4.53. The van der Waals surface area contributed by atoms with Crippen LogP contribution in [0.15, 0.2) is 0 Å². The molecule has 25 heavy (non-hydrogen) atoms. The van der Waals surface area contributed by atoms with Gasteiger partial charge in [0.25, 0.3) is 0 Å². The minimum Gasteiger partial charge on any atom is -0.343 e. The van der Waals surface area contributed by atoms with Gasteiger partial charge in [0.2, 0.25) is 11.8 Å². The zero-order valence-corrected chi connectivity index (χ0v) is 16.0. The second-order valence-corrected chi connectivity index (χ2v) is 7.81. The summed E-state index contributed by atoms with van der Waals surface area (Å²) < 4.78 is 0. The molecule has 0 bridgehead atoms. The normalized spacial score (nSPS) is 25.4. The van der Waals surface area contributed by atoms with E-state index in [0.29, 0.717) is 11.9 Å². The van der Waals surface area contributed by atoms with Crippen LogP contribution >= 0.6 is 0 Å². The van der Waals surface area contributed by atoms with Gasteiger partial charge in [-0.1, -0.05) is 6.92 Å². The van der Waals surface area contributed by atoms with Gasteiger partial charge in [-0.25, -0.2) is 0 Å². The van der Waals surface area contributed by atoms with Crippen molar-refractivity contribution in [2.45, 2.75) is 45.6 Å². The van der Waals surface area contributed by atoms with Crippen molar-refractivity contribution in [2.24, 2.45) is 5.92 Å². The summed E-state index contributed by atoms with van der Waals surface area (Å²) in [5, 5.41) is 0. The van der Waals surface area contributed by atoms with Crippen molar-refractivity contribution < 1.29 is 9.59 Å². The molecular weight excluding hydrogens is 316 g/mol. The van der Waals surface area contributed by atoms with Crippen LogP contribution in [-0.2, 0) is 9.59 Å². The Morgan fingerprint density at radius 2 is 1.40 bits per heavy atom. The molecular formula is C19H34N4O2. The van der Waals surface area contributed by atoms with E-state index in [1.54, 1.807) is 6.92 Å². The highest BCUT2D eigenvalue weighted by Gasteiger charge is 2.33. The highest BCUT2D eigenvalue weighted by atomic mass is 16.2. The molecule has 3 saturated heterocycles. The van der Waals surface area contributed by atoms with Gasteiger partial charge in [0, 0.05) is 58.2 Å². The predicted octanol–water partition coefficient (Wildman–Crippen LogP) is 0.873. The molecule has 142 valence electrons. The van der Waals surface area contributed by atoms with Gasteiger partial charge in [-0.15, -0.1) is 0 Å². The molecule has 6 nitrogen and oxygen atoms in total. The largest absolute Gasteiger partial charge is 0.343 e. The van der Waals surface area contributed by atoms with Crippen LogP contribution in [0.1, 0.15) is 39.5 Å². The van der Waals surface area contributed by atoms with Gasteiger partial charge in [0.15, 0.2) is 0 Å². The van der Waals surface area contributed by atoms with Gasteiger partial charge in [0.1, 0.15) is 0 Å². The molecule has 0 aromatic carbocycles. The number of likely N-dealkylation sites (tertiary alicyclic amines) is 2. The minimum atomic E-state index is 0.200. The van der Waals surface area contributed by atoms with Crippen LogP contribution in [0, 0.1) is 5.92 Å². The molecule has 2 amide bonds. The number of piperidine rings is 2. The van der Waals surface area contributed by atoms with Gasteiger partial charge in [-0.3, -0.25) is 9.59 Å². The van der Waals surface area contributed by atoms with E-state index in [4.69, 9.17) is 0 Å². The number of hydrogen-bond acceptors (Lipinski definition) is 4. The quantitative estimate of drug-likeness (QED) is 0.758. The van der Waals surface area contributed by atoms with E-state index in [0.717, 1.165) is 84.6 Å².